The van der Waals surface area contributed by atoms with E-state index in [4.69, 9.17) is 0 Å². The number of carbonyl (C=O) groups is 2. The predicted molar refractivity (Wildman–Crippen MR) is 99.4 cm³/mol. The fourth-order valence-electron chi connectivity index (χ4n) is 6.28. The highest BCUT2D eigenvalue weighted by atomic mass is 32.2. The molecule has 5 saturated heterocycles. The van der Waals surface area contributed by atoms with Crippen molar-refractivity contribution in [2.75, 3.05) is 18.8 Å². The molecular weight excluding hydrogens is 332 g/mol. The van der Waals surface area contributed by atoms with Crippen LogP contribution < -0.4 is 0 Å². The Balaban J connectivity index is 1.38. The van der Waals surface area contributed by atoms with Crippen molar-refractivity contribution < 1.29 is 9.59 Å². The largest absolute Gasteiger partial charge is 0.339 e. The van der Waals surface area contributed by atoms with Crippen LogP contribution in [-0.4, -0.2) is 57.3 Å². The molecule has 4 nitrogen and oxygen atoms in total. The maximum Gasteiger partial charge on any atom is 0.239 e. The van der Waals surface area contributed by atoms with Gasteiger partial charge in [-0.05, 0) is 70.6 Å². The lowest BCUT2D eigenvalue weighted by Crippen LogP contribution is -2.59. The molecule has 5 aliphatic heterocycles. The van der Waals surface area contributed by atoms with Gasteiger partial charge in [0.2, 0.25) is 11.8 Å². The quantitative estimate of drug-likeness (QED) is 0.664. The maximum atomic E-state index is 13.4. The molecule has 0 saturated carbocycles. The molecule has 2 amide bonds. The number of carbonyl (C=O) groups excluding carboxylic acids is 2. The van der Waals surface area contributed by atoms with Crippen LogP contribution in [0.15, 0.2) is 0 Å². The first kappa shape index (κ1) is 16.5. The predicted octanol–water partition coefficient (Wildman–Crippen LogP) is 3.20. The van der Waals surface area contributed by atoms with Crippen LogP contribution in [0, 0.1) is 5.41 Å². The fourth-order valence-corrected chi connectivity index (χ4v) is 8.08. The van der Waals surface area contributed by atoms with Crippen LogP contribution in [0.5, 0.6) is 0 Å². The van der Waals surface area contributed by atoms with E-state index in [2.05, 4.69) is 9.80 Å². The molecule has 4 atom stereocenters. The molecule has 2 spiro atoms. The van der Waals surface area contributed by atoms with Crippen molar-refractivity contribution in [1.82, 2.24) is 9.80 Å². The summed E-state index contributed by atoms with van der Waals surface area (Å²) in [6.45, 7) is 1.89. The molecule has 25 heavy (non-hydrogen) atoms. The third-order valence-corrected chi connectivity index (χ3v) is 9.48. The van der Waals surface area contributed by atoms with Gasteiger partial charge in [-0.15, -0.1) is 11.8 Å². The van der Waals surface area contributed by atoms with E-state index in [9.17, 15) is 9.59 Å². The fraction of sp³-hybridized carbons (Fsp3) is 0.900. The van der Waals surface area contributed by atoms with E-state index < -0.39 is 0 Å². The van der Waals surface area contributed by atoms with Gasteiger partial charge in [0.15, 0.2) is 0 Å². The first-order chi connectivity index (χ1) is 12.1. The summed E-state index contributed by atoms with van der Waals surface area (Å²) in [5, 5.41) is 0. The number of hydrogen-bond donors (Lipinski definition) is 0. The van der Waals surface area contributed by atoms with Crippen LogP contribution in [0.1, 0.15) is 70.6 Å². The average molecular weight is 363 g/mol. The summed E-state index contributed by atoms with van der Waals surface area (Å²) >= 11 is 1.84. The van der Waals surface area contributed by atoms with Gasteiger partial charge in [0.05, 0.1) is 10.2 Å². The molecule has 0 N–H and O–H groups in total. The van der Waals surface area contributed by atoms with E-state index in [1.165, 1.54) is 25.7 Å². The summed E-state index contributed by atoms with van der Waals surface area (Å²) in [5.41, 5.74) is -0.239. The van der Waals surface area contributed by atoms with Gasteiger partial charge in [-0.25, -0.2) is 0 Å². The van der Waals surface area contributed by atoms with Gasteiger partial charge in [-0.3, -0.25) is 9.59 Å². The van der Waals surface area contributed by atoms with Gasteiger partial charge in [-0.2, -0.15) is 0 Å². The van der Waals surface area contributed by atoms with Crippen LogP contribution in [0.4, 0.5) is 0 Å². The molecule has 5 aliphatic rings. The molecule has 0 bridgehead atoms. The van der Waals surface area contributed by atoms with Gasteiger partial charge < -0.3 is 9.80 Å². The van der Waals surface area contributed by atoms with E-state index >= 15 is 0 Å². The lowest BCUT2D eigenvalue weighted by Gasteiger charge is -2.49. The van der Waals surface area contributed by atoms with Gasteiger partial charge in [-0.1, -0.05) is 0 Å². The molecule has 0 radical (unpaired) electrons. The second kappa shape index (κ2) is 5.90. The van der Waals surface area contributed by atoms with E-state index in [1.807, 2.05) is 11.8 Å². The number of nitrogens with zero attached hydrogens (tertiary/aromatic N) is 2. The zero-order valence-corrected chi connectivity index (χ0v) is 16.0. The Morgan fingerprint density at radius 1 is 0.800 bits per heavy atom. The second-order valence-corrected chi connectivity index (χ2v) is 10.5. The summed E-state index contributed by atoms with van der Waals surface area (Å²) in [6.07, 6.45) is 12.4. The maximum absolute atomic E-state index is 13.4. The number of piperidine rings is 4. The SMILES string of the molecule is O=C1N2CCCC[C@@H]2CC[C@@]12CS[C@]1(CC[C@H]3CCCCN3C1=O)C2. The zero-order valence-electron chi connectivity index (χ0n) is 15.2. The first-order valence-corrected chi connectivity index (χ1v) is 11.4. The number of rotatable bonds is 0. The number of amides is 2. The van der Waals surface area contributed by atoms with Crippen LogP contribution in [-0.2, 0) is 9.59 Å². The Labute approximate surface area is 155 Å². The minimum absolute atomic E-state index is 0.239. The van der Waals surface area contributed by atoms with Gasteiger partial charge in [0.1, 0.15) is 0 Å². The molecule has 5 heterocycles. The monoisotopic (exact) mass is 362 g/mol. The summed E-state index contributed by atoms with van der Waals surface area (Å²) in [7, 11) is 0. The van der Waals surface area contributed by atoms with Crippen molar-refractivity contribution in [2.24, 2.45) is 5.41 Å². The summed E-state index contributed by atoms with van der Waals surface area (Å²) < 4.78 is -0.286. The standard InChI is InChI=1S/C20H30N2O2S/c23-17-19(9-7-15-5-1-3-11-21(15)17)13-20(25-14-19)10-8-16-6-2-4-12-22(16)18(20)24/h15-16H,1-14H2/t15-,16-,19-,20-/m1/s1. The van der Waals surface area contributed by atoms with Crippen molar-refractivity contribution >= 4 is 23.6 Å². The molecule has 138 valence electrons. The molecule has 0 aliphatic carbocycles. The van der Waals surface area contributed by atoms with E-state index in [1.54, 1.807) is 0 Å². The van der Waals surface area contributed by atoms with Gasteiger partial charge >= 0.3 is 0 Å². The number of thioether (sulfide) groups is 1. The minimum Gasteiger partial charge on any atom is -0.339 e. The Kier molecular flexibility index (Phi) is 3.88. The van der Waals surface area contributed by atoms with Crippen molar-refractivity contribution in [3.63, 3.8) is 0 Å². The average Bonchev–Trinajstić information content (AvgIpc) is 3.03. The highest BCUT2D eigenvalue weighted by Gasteiger charge is 2.61. The van der Waals surface area contributed by atoms with E-state index in [-0.39, 0.29) is 10.2 Å². The molecule has 0 unspecified atom stereocenters. The number of hydrogen-bond acceptors (Lipinski definition) is 3. The lowest BCUT2D eigenvalue weighted by molar-refractivity contribution is -0.152. The lowest BCUT2D eigenvalue weighted by atomic mass is 9.69. The summed E-state index contributed by atoms with van der Waals surface area (Å²) in [5.74, 6) is 1.64. The second-order valence-electron chi connectivity index (χ2n) is 9.11. The third-order valence-electron chi connectivity index (χ3n) is 7.71. The van der Waals surface area contributed by atoms with Crippen molar-refractivity contribution in [2.45, 2.75) is 87.5 Å². The number of fused-ring (bicyclic) bond motifs is 2. The van der Waals surface area contributed by atoms with Crippen molar-refractivity contribution in [3.05, 3.63) is 0 Å². The molecule has 0 aromatic rings. The normalized spacial score (nSPS) is 44.3. The van der Waals surface area contributed by atoms with Crippen LogP contribution in [0.2, 0.25) is 0 Å². The summed E-state index contributed by atoms with van der Waals surface area (Å²) in [6, 6.07) is 0.972. The topological polar surface area (TPSA) is 40.6 Å². The zero-order chi connectivity index (χ0) is 17.1. The minimum atomic E-state index is -0.286. The Hall–Kier alpha value is -0.710. The van der Waals surface area contributed by atoms with Crippen LogP contribution in [0.3, 0.4) is 0 Å². The molecule has 0 aromatic carbocycles. The molecule has 5 fully saturated rings. The smallest absolute Gasteiger partial charge is 0.239 e. The molecule has 0 aromatic heterocycles. The van der Waals surface area contributed by atoms with E-state index in [0.717, 1.165) is 63.8 Å². The van der Waals surface area contributed by atoms with Crippen LogP contribution in [0.25, 0.3) is 0 Å². The Morgan fingerprint density at radius 2 is 1.44 bits per heavy atom. The molecular formula is C20H30N2O2S. The molecule has 5 rings (SSSR count). The first-order valence-electron chi connectivity index (χ1n) is 10.4. The summed E-state index contributed by atoms with van der Waals surface area (Å²) in [4.78, 5) is 31.2. The van der Waals surface area contributed by atoms with Crippen LogP contribution >= 0.6 is 11.8 Å². The highest BCUT2D eigenvalue weighted by Crippen LogP contribution is 2.58. The van der Waals surface area contributed by atoms with Gasteiger partial charge in [0.25, 0.3) is 0 Å². The molecule has 5 heteroatoms. The van der Waals surface area contributed by atoms with Gasteiger partial charge in [0, 0.05) is 30.9 Å². The van der Waals surface area contributed by atoms with E-state index in [0.29, 0.717) is 23.9 Å². The Morgan fingerprint density at radius 3 is 2.16 bits per heavy atom. The van der Waals surface area contributed by atoms with Crippen molar-refractivity contribution in [1.29, 1.82) is 0 Å². The highest BCUT2D eigenvalue weighted by molar-refractivity contribution is 8.01. The Bertz CT molecular complexity index is 546. The third kappa shape index (κ3) is 2.40. The van der Waals surface area contributed by atoms with Crippen molar-refractivity contribution in [3.8, 4) is 0 Å².